The average Bonchev–Trinajstić information content (AvgIpc) is 3.92. The van der Waals surface area contributed by atoms with Crippen LogP contribution >= 0.6 is 0 Å². The van der Waals surface area contributed by atoms with Crippen LogP contribution in [0.1, 0.15) is 123 Å². The van der Waals surface area contributed by atoms with Gasteiger partial charge in [0.25, 0.3) is 11.8 Å². The Hall–Kier alpha value is -4.46. The number of alkyl carbamates (subject to hydrolysis) is 1. The highest BCUT2D eigenvalue weighted by atomic mass is 16.6. The standard InChI is InChI=1S/C42H68N8O11/c1-41(2,20-25-59-42(3,4)19-23-49-27-29(47-48-49)26-30-37-39(61-40(58)45-37)38(57)31(28-51)60-30)46-34(54)16-13-21-43-32(52)14-11-9-7-5-6-8-10-12-15-33(53)44-22-24-50-35(55)17-18-36(50)56/h17-18,27,30-31,37-39,51,57H,5-16,19-26,28H2,1-4H3,(H,43,52)(H,44,53)(H,45,58)(H,46,54)/t30-,31+,37-,38-,39+/m0/s1. The van der Waals surface area contributed by atoms with Crippen molar-refractivity contribution in [2.45, 2.75) is 172 Å². The minimum Gasteiger partial charge on any atom is -0.441 e. The maximum Gasteiger partial charge on any atom is 0.408 e. The fourth-order valence-electron chi connectivity index (χ4n) is 7.50. The molecule has 19 nitrogen and oxygen atoms in total. The summed E-state index contributed by atoms with van der Waals surface area (Å²) in [5.74, 6) is -0.845. The Labute approximate surface area is 358 Å². The number of imide groups is 1. The van der Waals surface area contributed by atoms with Crippen LogP contribution in [0, 0.1) is 0 Å². The van der Waals surface area contributed by atoms with Gasteiger partial charge in [0.05, 0.1) is 30.0 Å². The zero-order valence-corrected chi connectivity index (χ0v) is 36.3. The van der Waals surface area contributed by atoms with E-state index in [9.17, 15) is 39.0 Å². The van der Waals surface area contributed by atoms with E-state index >= 15 is 0 Å². The molecule has 0 aromatic carbocycles. The van der Waals surface area contributed by atoms with Gasteiger partial charge in [-0.15, -0.1) is 5.10 Å². The van der Waals surface area contributed by atoms with Crippen LogP contribution in [-0.2, 0) is 51.1 Å². The number of nitrogens with zero attached hydrogens (tertiary/aromatic N) is 4. The van der Waals surface area contributed by atoms with E-state index < -0.39 is 54.3 Å². The molecule has 6 N–H and O–H groups in total. The lowest BCUT2D eigenvalue weighted by molar-refractivity contribution is -0.177. The van der Waals surface area contributed by atoms with Crippen LogP contribution < -0.4 is 21.3 Å². The molecule has 3 aliphatic rings. The number of hydrogen-bond donors (Lipinski definition) is 6. The van der Waals surface area contributed by atoms with Gasteiger partial charge in [-0.2, -0.15) is 0 Å². The molecule has 61 heavy (non-hydrogen) atoms. The predicted octanol–water partition coefficient (Wildman–Crippen LogP) is 1.73. The summed E-state index contributed by atoms with van der Waals surface area (Å²) in [7, 11) is 0. The van der Waals surface area contributed by atoms with E-state index in [1.54, 1.807) is 10.9 Å². The van der Waals surface area contributed by atoms with Gasteiger partial charge >= 0.3 is 6.09 Å². The Balaban J connectivity index is 0.958. The van der Waals surface area contributed by atoms with E-state index in [0.717, 1.165) is 56.3 Å². The van der Waals surface area contributed by atoms with Crippen LogP contribution in [0.25, 0.3) is 0 Å². The number of carbonyl (C=O) groups is 6. The van der Waals surface area contributed by atoms with Gasteiger partial charge in [-0.3, -0.25) is 33.6 Å². The number of aryl methyl sites for hydroxylation is 1. The number of ether oxygens (including phenoxy) is 3. The van der Waals surface area contributed by atoms with Crippen molar-refractivity contribution in [1.29, 1.82) is 0 Å². The highest BCUT2D eigenvalue weighted by molar-refractivity contribution is 6.12. The molecule has 1 aromatic heterocycles. The average molecular weight is 861 g/mol. The summed E-state index contributed by atoms with van der Waals surface area (Å²) in [6, 6.07) is -0.574. The third-order valence-electron chi connectivity index (χ3n) is 11.2. The van der Waals surface area contributed by atoms with E-state index in [4.69, 9.17) is 14.2 Å². The van der Waals surface area contributed by atoms with Crippen molar-refractivity contribution in [3.05, 3.63) is 24.0 Å². The van der Waals surface area contributed by atoms with Gasteiger partial charge < -0.3 is 45.7 Å². The Morgan fingerprint density at radius 2 is 1.43 bits per heavy atom. The maximum atomic E-state index is 12.7. The second-order valence-corrected chi connectivity index (χ2v) is 17.4. The van der Waals surface area contributed by atoms with Crippen molar-refractivity contribution >= 4 is 35.6 Å². The predicted molar refractivity (Wildman–Crippen MR) is 221 cm³/mol. The summed E-state index contributed by atoms with van der Waals surface area (Å²) < 4.78 is 19.0. The molecule has 5 atom stereocenters. The zero-order chi connectivity index (χ0) is 44.4. The number of amides is 6. The second-order valence-electron chi connectivity index (χ2n) is 17.4. The Morgan fingerprint density at radius 3 is 2.07 bits per heavy atom. The smallest absolute Gasteiger partial charge is 0.408 e. The van der Waals surface area contributed by atoms with Gasteiger partial charge in [-0.1, -0.05) is 43.7 Å². The van der Waals surface area contributed by atoms with Crippen LogP contribution in [-0.4, -0.2) is 140 Å². The number of aliphatic hydroxyl groups is 2. The molecule has 4 heterocycles. The SMILES string of the molecule is CC(C)(CCOC(C)(C)CCn1cc(C[C@@H]2O[C@H](CO)[C@H](O)[C@@H]3OC(=O)N[C@H]32)nn1)NC(=O)CCCNC(=O)CCCCCCCCCCC(=O)NCCN1C(=O)C=CC1=O. The van der Waals surface area contributed by atoms with Gasteiger partial charge in [0.1, 0.15) is 12.2 Å². The summed E-state index contributed by atoms with van der Waals surface area (Å²) in [5.41, 5.74) is -0.331. The summed E-state index contributed by atoms with van der Waals surface area (Å²) >= 11 is 0. The second kappa shape index (κ2) is 24.2. The molecule has 6 amide bonds. The summed E-state index contributed by atoms with van der Waals surface area (Å²) in [6.45, 7) is 9.35. The number of nitrogens with one attached hydrogen (secondary N) is 4. The first-order chi connectivity index (χ1) is 29.1. The molecule has 342 valence electrons. The fraction of sp³-hybridized carbons (Fsp3) is 0.762. The molecule has 0 bridgehead atoms. The largest absolute Gasteiger partial charge is 0.441 e. The van der Waals surface area contributed by atoms with E-state index in [-0.39, 0.29) is 42.6 Å². The first-order valence-corrected chi connectivity index (χ1v) is 21.9. The number of hydrogen-bond acceptors (Lipinski definition) is 13. The molecule has 19 heteroatoms. The molecule has 0 radical (unpaired) electrons. The highest BCUT2D eigenvalue weighted by Gasteiger charge is 2.51. The third-order valence-corrected chi connectivity index (χ3v) is 11.2. The molecular formula is C42H68N8O11. The maximum absolute atomic E-state index is 12.7. The van der Waals surface area contributed by atoms with Crippen LogP contribution in [0.2, 0.25) is 0 Å². The summed E-state index contributed by atoms with van der Waals surface area (Å²) in [4.78, 5) is 72.9. The normalized spacial score (nSPS) is 21.3. The van der Waals surface area contributed by atoms with E-state index in [1.165, 1.54) is 12.2 Å². The van der Waals surface area contributed by atoms with Crippen LogP contribution in [0.3, 0.4) is 0 Å². The van der Waals surface area contributed by atoms with Gasteiger partial charge in [0, 0.05) is 82.4 Å². The lowest BCUT2D eigenvalue weighted by Crippen LogP contribution is -2.60. The molecule has 0 aliphatic carbocycles. The van der Waals surface area contributed by atoms with Gasteiger partial charge in [0.15, 0.2) is 6.10 Å². The van der Waals surface area contributed by atoms with Crippen molar-refractivity contribution in [1.82, 2.24) is 41.2 Å². The number of rotatable bonds is 29. The molecule has 1 aromatic rings. The summed E-state index contributed by atoms with van der Waals surface area (Å²) in [6.07, 6.45) is 11.4. The number of carbonyl (C=O) groups excluding carboxylic acids is 6. The zero-order valence-electron chi connectivity index (χ0n) is 36.3. The minimum absolute atomic E-state index is 0.000300. The van der Waals surface area contributed by atoms with Gasteiger partial charge in [-0.25, -0.2) is 4.79 Å². The lowest BCUT2D eigenvalue weighted by Gasteiger charge is -2.39. The third kappa shape index (κ3) is 17.1. The van der Waals surface area contributed by atoms with Crippen molar-refractivity contribution in [3.8, 4) is 0 Å². The molecule has 0 unspecified atom stereocenters. The molecule has 4 rings (SSSR count). The molecule has 0 saturated carbocycles. The van der Waals surface area contributed by atoms with Crippen LogP contribution in [0.5, 0.6) is 0 Å². The molecular weight excluding hydrogens is 793 g/mol. The monoisotopic (exact) mass is 861 g/mol. The van der Waals surface area contributed by atoms with Crippen molar-refractivity contribution in [2.75, 3.05) is 32.8 Å². The molecule has 2 saturated heterocycles. The van der Waals surface area contributed by atoms with Crippen LogP contribution in [0.15, 0.2) is 18.3 Å². The lowest BCUT2D eigenvalue weighted by atomic mass is 9.91. The first-order valence-electron chi connectivity index (χ1n) is 21.9. The number of unbranched alkanes of at least 4 members (excludes halogenated alkanes) is 7. The first kappa shape index (κ1) is 49.2. The molecule has 3 aliphatic heterocycles. The number of aromatic nitrogens is 3. The van der Waals surface area contributed by atoms with Crippen molar-refractivity contribution < 1.29 is 53.2 Å². The van der Waals surface area contributed by atoms with E-state index in [0.29, 0.717) is 70.3 Å². The summed E-state index contributed by atoms with van der Waals surface area (Å²) in [5, 5.41) is 39.9. The Kier molecular flexibility index (Phi) is 19.6. The molecule has 0 spiro atoms. The van der Waals surface area contributed by atoms with Gasteiger partial charge in [0.2, 0.25) is 17.7 Å². The number of fused-ring (bicyclic) bond motifs is 1. The highest BCUT2D eigenvalue weighted by Crippen LogP contribution is 2.29. The Bertz CT molecular complexity index is 1630. The van der Waals surface area contributed by atoms with E-state index in [1.807, 2.05) is 27.7 Å². The quantitative estimate of drug-likeness (QED) is 0.0497. The van der Waals surface area contributed by atoms with Crippen molar-refractivity contribution in [2.24, 2.45) is 0 Å². The topological polar surface area (TPSA) is 253 Å². The minimum atomic E-state index is -1.14. The van der Waals surface area contributed by atoms with Crippen molar-refractivity contribution in [3.63, 3.8) is 0 Å². The molecule has 2 fully saturated rings. The van der Waals surface area contributed by atoms with E-state index in [2.05, 4.69) is 31.6 Å². The fourth-order valence-corrected chi connectivity index (χ4v) is 7.50. The van der Waals surface area contributed by atoms with Gasteiger partial charge in [-0.05, 0) is 59.8 Å². The number of aliphatic hydroxyl groups excluding tert-OH is 2. The Morgan fingerprint density at radius 1 is 0.820 bits per heavy atom. The van der Waals surface area contributed by atoms with Crippen LogP contribution in [0.4, 0.5) is 4.79 Å².